The van der Waals surface area contributed by atoms with Gasteiger partial charge in [0.05, 0.1) is 6.42 Å². The Hall–Kier alpha value is -2.29. The number of ketones is 1. The summed E-state index contributed by atoms with van der Waals surface area (Å²) >= 11 is 4.59. The molecule has 0 aliphatic carbocycles. The average Bonchev–Trinajstić information content (AvgIpc) is 2.26. The number of Topliss-reactive ketones (excluding diaryl/α,β-unsaturated/α-hetero) is 1. The number of hydrogen-bond donors (Lipinski definition) is 4. The van der Waals surface area contributed by atoms with E-state index in [0.29, 0.717) is 4.77 Å². The minimum Gasteiger partial charge on any atom is -0.481 e. The van der Waals surface area contributed by atoms with Crippen LogP contribution in [-0.2, 0) is 14.4 Å². The maximum absolute atomic E-state index is 10.3. The van der Waals surface area contributed by atoms with Crippen LogP contribution in [0.25, 0.3) is 0 Å². The van der Waals surface area contributed by atoms with Gasteiger partial charge in [0.15, 0.2) is 4.77 Å². The van der Waals surface area contributed by atoms with Crippen molar-refractivity contribution in [2.45, 2.75) is 12.8 Å². The first-order valence-electron chi connectivity index (χ1n) is 4.59. The molecule has 0 fully saturated rings. The molecule has 1 aromatic heterocycles. The Balaban J connectivity index is 0.000000327. The molecule has 1 rings (SSSR count). The van der Waals surface area contributed by atoms with Crippen molar-refractivity contribution in [3.05, 3.63) is 27.4 Å². The van der Waals surface area contributed by atoms with Crippen molar-refractivity contribution in [2.75, 3.05) is 0 Å². The van der Waals surface area contributed by atoms with E-state index in [4.69, 9.17) is 10.2 Å². The first-order valence-corrected chi connectivity index (χ1v) is 4.99. The van der Waals surface area contributed by atoms with Gasteiger partial charge in [-0.05, 0) is 12.2 Å². The second-order valence-electron chi connectivity index (χ2n) is 2.92. The summed E-state index contributed by atoms with van der Waals surface area (Å²) in [5, 5.41) is 16.0. The highest BCUT2D eigenvalue weighted by molar-refractivity contribution is 7.71. The number of aromatic amines is 2. The topological polar surface area (TPSA) is 140 Å². The number of rotatable bonds is 4. The number of aliphatic carboxylic acids is 2. The molecule has 9 heteroatoms. The Morgan fingerprint density at radius 2 is 1.83 bits per heavy atom. The molecule has 1 aromatic rings. The average molecular weight is 274 g/mol. The van der Waals surface area contributed by atoms with E-state index in [-0.39, 0.29) is 5.56 Å². The van der Waals surface area contributed by atoms with Gasteiger partial charge in [-0.3, -0.25) is 19.4 Å². The van der Waals surface area contributed by atoms with E-state index in [9.17, 15) is 19.2 Å². The molecule has 0 unspecified atom stereocenters. The lowest BCUT2D eigenvalue weighted by Gasteiger charge is -1.88. The number of H-pyrrole nitrogens is 2. The third kappa shape index (κ3) is 7.93. The van der Waals surface area contributed by atoms with Crippen LogP contribution in [0.1, 0.15) is 12.8 Å². The number of carboxylic acids is 2. The third-order valence-electron chi connectivity index (χ3n) is 1.49. The fourth-order valence-corrected chi connectivity index (χ4v) is 0.879. The van der Waals surface area contributed by atoms with Crippen molar-refractivity contribution in [1.29, 1.82) is 0 Å². The molecule has 0 aliphatic heterocycles. The van der Waals surface area contributed by atoms with E-state index in [1.165, 1.54) is 12.3 Å². The maximum Gasteiger partial charge on any atom is 0.372 e. The molecule has 0 aromatic carbocycles. The molecule has 0 amide bonds. The molecule has 4 N–H and O–H groups in total. The molecule has 98 valence electrons. The van der Waals surface area contributed by atoms with Crippen LogP contribution < -0.4 is 5.56 Å². The Labute approximate surface area is 105 Å². The lowest BCUT2D eigenvalue weighted by Crippen LogP contribution is -2.13. The molecule has 1 heterocycles. The van der Waals surface area contributed by atoms with E-state index in [2.05, 4.69) is 22.2 Å². The normalized spacial score (nSPS) is 8.89. The number of carboxylic acid groups (broad SMARTS) is 2. The van der Waals surface area contributed by atoms with Gasteiger partial charge >= 0.3 is 11.9 Å². The summed E-state index contributed by atoms with van der Waals surface area (Å²) < 4.78 is 0.359. The van der Waals surface area contributed by atoms with Gasteiger partial charge in [-0.15, -0.1) is 0 Å². The predicted molar refractivity (Wildman–Crippen MR) is 61.8 cm³/mol. The minimum absolute atomic E-state index is 0.172. The molecular weight excluding hydrogens is 264 g/mol. The zero-order chi connectivity index (χ0) is 14.1. The van der Waals surface area contributed by atoms with Crippen molar-refractivity contribution in [3.63, 3.8) is 0 Å². The molecule has 0 saturated carbocycles. The van der Waals surface area contributed by atoms with Gasteiger partial charge < -0.3 is 15.2 Å². The van der Waals surface area contributed by atoms with Crippen molar-refractivity contribution in [3.8, 4) is 0 Å². The van der Waals surface area contributed by atoms with Gasteiger partial charge in [0.25, 0.3) is 5.56 Å². The van der Waals surface area contributed by atoms with Crippen LogP contribution in [0.15, 0.2) is 17.1 Å². The number of carbonyl (C=O) groups excluding carboxylic acids is 1. The largest absolute Gasteiger partial charge is 0.481 e. The molecule has 0 atom stereocenters. The third-order valence-corrected chi connectivity index (χ3v) is 1.71. The monoisotopic (exact) mass is 274 g/mol. The second kappa shape index (κ2) is 7.90. The molecule has 0 saturated heterocycles. The number of hydrogen-bond acceptors (Lipinski definition) is 5. The lowest BCUT2D eigenvalue weighted by atomic mass is 10.2. The van der Waals surface area contributed by atoms with Crippen LogP contribution in [0.2, 0.25) is 0 Å². The summed E-state index contributed by atoms with van der Waals surface area (Å²) in [6.45, 7) is 0. The Morgan fingerprint density at radius 1 is 1.22 bits per heavy atom. The van der Waals surface area contributed by atoms with Crippen LogP contribution in [-0.4, -0.2) is 37.9 Å². The zero-order valence-corrected chi connectivity index (χ0v) is 9.82. The predicted octanol–water partition coefficient (Wildman–Crippen LogP) is -0.0626. The van der Waals surface area contributed by atoms with Crippen molar-refractivity contribution < 1.29 is 24.6 Å². The highest BCUT2D eigenvalue weighted by Gasteiger charge is 2.12. The maximum atomic E-state index is 10.3. The Kier molecular flexibility index (Phi) is 6.89. The van der Waals surface area contributed by atoms with Crippen LogP contribution in [0, 0.1) is 4.77 Å². The molecule has 0 radical (unpaired) electrons. The summed E-state index contributed by atoms with van der Waals surface area (Å²) in [6, 6.07) is 1.37. The molecule has 8 nitrogen and oxygen atoms in total. The van der Waals surface area contributed by atoms with Gasteiger partial charge in [0.1, 0.15) is 0 Å². The fraction of sp³-hybridized carbons (Fsp3) is 0.222. The quantitative estimate of drug-likeness (QED) is 0.445. The minimum atomic E-state index is -1.58. The summed E-state index contributed by atoms with van der Waals surface area (Å²) in [4.78, 5) is 45.1. The standard InChI is InChI=1S/C5H6O5.C4H4N2OS/c6-3(5(9)10)1-2-4(7)8;7-3-1-2-5-4(8)6-3/h1-2H2,(H,7,8)(H,9,10);1-2H,(H2,5,6,7,8). The SMILES string of the molecule is O=C(O)CCC(=O)C(=O)O.O=c1cc[nH]c(=S)[nH]1. The molecular formula is C9H10N2O6S. The van der Waals surface area contributed by atoms with Crippen LogP contribution in [0.5, 0.6) is 0 Å². The molecule has 0 aliphatic rings. The van der Waals surface area contributed by atoms with Gasteiger partial charge in [-0.25, -0.2) is 4.79 Å². The molecule has 0 spiro atoms. The van der Waals surface area contributed by atoms with Gasteiger partial charge in [0, 0.05) is 18.7 Å². The highest BCUT2D eigenvalue weighted by atomic mass is 32.1. The van der Waals surface area contributed by atoms with Crippen LogP contribution >= 0.6 is 12.2 Å². The van der Waals surface area contributed by atoms with Crippen LogP contribution in [0.3, 0.4) is 0 Å². The van der Waals surface area contributed by atoms with Crippen molar-refractivity contribution in [1.82, 2.24) is 9.97 Å². The summed E-state index contributed by atoms with van der Waals surface area (Å²) in [5.41, 5.74) is -0.172. The van der Waals surface area contributed by atoms with E-state index in [0.717, 1.165) is 0 Å². The summed E-state index contributed by atoms with van der Waals surface area (Å²) in [6.07, 6.45) is 0.636. The number of carbonyl (C=O) groups is 3. The number of aromatic nitrogens is 2. The van der Waals surface area contributed by atoms with E-state index in [1.54, 1.807) is 0 Å². The lowest BCUT2D eigenvalue weighted by molar-refractivity contribution is -0.149. The fourth-order valence-electron chi connectivity index (χ4n) is 0.710. The first kappa shape index (κ1) is 15.7. The van der Waals surface area contributed by atoms with Crippen LogP contribution in [0.4, 0.5) is 0 Å². The summed E-state index contributed by atoms with van der Waals surface area (Å²) in [7, 11) is 0. The van der Waals surface area contributed by atoms with Gasteiger partial charge in [0.2, 0.25) is 5.78 Å². The zero-order valence-electron chi connectivity index (χ0n) is 9.00. The second-order valence-corrected chi connectivity index (χ2v) is 3.33. The van der Waals surface area contributed by atoms with E-state index in [1.807, 2.05) is 0 Å². The van der Waals surface area contributed by atoms with E-state index >= 15 is 0 Å². The Bertz CT molecular complexity index is 521. The van der Waals surface area contributed by atoms with Crippen molar-refractivity contribution in [2.24, 2.45) is 0 Å². The molecule has 18 heavy (non-hydrogen) atoms. The smallest absolute Gasteiger partial charge is 0.372 e. The first-order chi connectivity index (χ1) is 8.32. The van der Waals surface area contributed by atoms with Gasteiger partial charge in [-0.2, -0.15) is 0 Å². The Morgan fingerprint density at radius 3 is 2.17 bits per heavy atom. The van der Waals surface area contributed by atoms with Gasteiger partial charge in [-0.1, -0.05) is 0 Å². The van der Waals surface area contributed by atoms with Crippen molar-refractivity contribution >= 4 is 29.9 Å². The highest BCUT2D eigenvalue weighted by Crippen LogP contribution is 1.89. The summed E-state index contributed by atoms with van der Waals surface area (Å²) in [5.74, 6) is -3.82. The molecule has 0 bridgehead atoms. The number of nitrogens with one attached hydrogen (secondary N) is 2. The van der Waals surface area contributed by atoms with E-state index < -0.39 is 30.6 Å².